The number of aromatic hydroxyl groups is 1. The van der Waals surface area contributed by atoms with Crippen molar-refractivity contribution in [3.63, 3.8) is 0 Å². The van der Waals surface area contributed by atoms with Crippen molar-refractivity contribution in [2.75, 3.05) is 12.0 Å². The van der Waals surface area contributed by atoms with Gasteiger partial charge in [-0.15, -0.1) is 0 Å². The fourth-order valence-corrected chi connectivity index (χ4v) is 3.04. The van der Waals surface area contributed by atoms with Gasteiger partial charge in [-0.25, -0.2) is 8.42 Å². The normalized spacial score (nSPS) is 15.3. The lowest BCUT2D eigenvalue weighted by atomic mass is 10.0. The molecule has 0 saturated carbocycles. The van der Waals surface area contributed by atoms with Gasteiger partial charge in [-0.2, -0.15) is 0 Å². The molecule has 0 spiro atoms. The molecule has 2 N–H and O–H groups in total. The van der Waals surface area contributed by atoms with Crippen LogP contribution in [-0.2, 0) is 9.84 Å². The summed E-state index contributed by atoms with van der Waals surface area (Å²) in [7, 11) is -2.99. The van der Waals surface area contributed by atoms with Crippen molar-refractivity contribution < 1.29 is 13.5 Å². The molecule has 0 aromatic heterocycles. The maximum Gasteiger partial charge on any atom is 0.148 e. The molecule has 0 aliphatic rings. The van der Waals surface area contributed by atoms with Crippen LogP contribution in [0.4, 0.5) is 0 Å². The van der Waals surface area contributed by atoms with E-state index < -0.39 is 9.84 Å². The number of hydrogen-bond donors (Lipinski definition) is 2. The van der Waals surface area contributed by atoms with Crippen LogP contribution in [0, 0.1) is 6.92 Å². The van der Waals surface area contributed by atoms with Gasteiger partial charge in [0.2, 0.25) is 0 Å². The fraction of sp³-hybridized carbons (Fsp3) is 0.538. The molecule has 0 bridgehead atoms. The predicted molar refractivity (Wildman–Crippen MR) is 73.6 cm³/mol. The van der Waals surface area contributed by atoms with Crippen molar-refractivity contribution in [1.29, 1.82) is 0 Å². The van der Waals surface area contributed by atoms with Gasteiger partial charge in [0.1, 0.15) is 15.6 Å². The van der Waals surface area contributed by atoms with Crippen molar-refractivity contribution in [2.24, 2.45) is 0 Å². The second kappa shape index (κ2) is 5.71. The van der Waals surface area contributed by atoms with Crippen LogP contribution >= 0.6 is 0 Å². The van der Waals surface area contributed by atoms with Crippen molar-refractivity contribution >= 4 is 9.84 Å². The second-order valence-electron chi connectivity index (χ2n) is 4.94. The molecule has 1 aromatic rings. The first-order chi connectivity index (χ1) is 8.19. The van der Waals surface area contributed by atoms with Crippen LogP contribution < -0.4 is 5.32 Å². The maximum absolute atomic E-state index is 11.2. The van der Waals surface area contributed by atoms with Gasteiger partial charge in [0, 0.05) is 23.9 Å². The number of aryl methyl sites for hydroxylation is 1. The van der Waals surface area contributed by atoms with E-state index in [2.05, 4.69) is 5.32 Å². The number of phenols is 1. The predicted octanol–water partition coefficient (Wildman–Crippen LogP) is 1.78. The number of sulfone groups is 1. The first-order valence-corrected chi connectivity index (χ1v) is 7.98. The molecule has 0 heterocycles. The van der Waals surface area contributed by atoms with E-state index in [-0.39, 0.29) is 23.6 Å². The Hall–Kier alpha value is -1.07. The van der Waals surface area contributed by atoms with Crippen molar-refractivity contribution in [1.82, 2.24) is 5.32 Å². The zero-order valence-corrected chi connectivity index (χ0v) is 12.1. The third-order valence-corrected chi connectivity index (χ3v) is 3.84. The van der Waals surface area contributed by atoms with Gasteiger partial charge in [-0.05, 0) is 26.8 Å². The van der Waals surface area contributed by atoms with Gasteiger partial charge in [0.15, 0.2) is 0 Å². The molecule has 5 heteroatoms. The van der Waals surface area contributed by atoms with Gasteiger partial charge in [-0.3, -0.25) is 0 Å². The van der Waals surface area contributed by atoms with Crippen LogP contribution in [0.15, 0.2) is 18.2 Å². The summed E-state index contributed by atoms with van der Waals surface area (Å²) in [6.45, 7) is 5.69. The Morgan fingerprint density at radius 2 is 1.94 bits per heavy atom. The first-order valence-electron chi connectivity index (χ1n) is 5.92. The van der Waals surface area contributed by atoms with E-state index in [1.807, 2.05) is 32.9 Å². The quantitative estimate of drug-likeness (QED) is 0.857. The number of phenolic OH excluding ortho intramolecular Hbond substituents is 1. The summed E-state index contributed by atoms with van der Waals surface area (Å²) in [6.07, 6.45) is 1.22. The lowest BCUT2D eigenvalue weighted by molar-refractivity contribution is 0.441. The van der Waals surface area contributed by atoms with Crippen LogP contribution in [0.3, 0.4) is 0 Å². The molecule has 18 heavy (non-hydrogen) atoms. The van der Waals surface area contributed by atoms with E-state index in [4.69, 9.17) is 0 Å². The standard InChI is InChI=1S/C13H21NO3S/c1-9-5-6-13(15)12(7-9)11(3)14-10(2)8-18(4,16)17/h5-7,10-11,14-15H,8H2,1-4H3. The lowest BCUT2D eigenvalue weighted by Gasteiger charge is -2.20. The van der Waals surface area contributed by atoms with E-state index in [0.717, 1.165) is 11.1 Å². The van der Waals surface area contributed by atoms with Gasteiger partial charge in [-0.1, -0.05) is 17.7 Å². The Kier molecular flexibility index (Phi) is 4.76. The summed E-state index contributed by atoms with van der Waals surface area (Å²) in [4.78, 5) is 0. The van der Waals surface area contributed by atoms with Crippen LogP contribution in [-0.4, -0.2) is 31.6 Å². The number of rotatable bonds is 5. The third kappa shape index (κ3) is 4.66. The molecule has 0 fully saturated rings. The van der Waals surface area contributed by atoms with Crippen molar-refractivity contribution in [3.8, 4) is 5.75 Å². The Labute approximate surface area is 109 Å². The highest BCUT2D eigenvalue weighted by molar-refractivity contribution is 7.90. The summed E-state index contributed by atoms with van der Waals surface area (Å²) < 4.78 is 22.4. The van der Waals surface area contributed by atoms with Crippen molar-refractivity contribution in [2.45, 2.75) is 32.9 Å². The minimum atomic E-state index is -2.99. The molecule has 1 rings (SSSR count). The average molecular weight is 271 g/mol. The summed E-state index contributed by atoms with van der Waals surface area (Å²) in [5, 5.41) is 13.0. The van der Waals surface area contributed by atoms with Gasteiger partial charge in [0.25, 0.3) is 0 Å². The van der Waals surface area contributed by atoms with Crippen LogP contribution in [0.25, 0.3) is 0 Å². The molecule has 0 amide bonds. The summed E-state index contributed by atoms with van der Waals surface area (Å²) in [6, 6.07) is 5.15. The van der Waals surface area contributed by atoms with Gasteiger partial charge in [0.05, 0.1) is 5.75 Å². The molecule has 2 atom stereocenters. The zero-order chi connectivity index (χ0) is 13.9. The van der Waals surface area contributed by atoms with E-state index in [1.54, 1.807) is 6.07 Å². The highest BCUT2D eigenvalue weighted by Crippen LogP contribution is 2.25. The summed E-state index contributed by atoms with van der Waals surface area (Å²) in [5.74, 6) is 0.316. The van der Waals surface area contributed by atoms with E-state index >= 15 is 0 Å². The molecule has 1 aromatic carbocycles. The molecule has 2 unspecified atom stereocenters. The largest absolute Gasteiger partial charge is 0.508 e. The smallest absolute Gasteiger partial charge is 0.148 e. The number of hydrogen-bond acceptors (Lipinski definition) is 4. The fourth-order valence-electron chi connectivity index (χ4n) is 2.04. The zero-order valence-electron chi connectivity index (χ0n) is 11.3. The van der Waals surface area contributed by atoms with E-state index in [1.165, 1.54) is 6.26 Å². The molecular formula is C13H21NO3S. The Morgan fingerprint density at radius 1 is 1.33 bits per heavy atom. The highest BCUT2D eigenvalue weighted by atomic mass is 32.2. The van der Waals surface area contributed by atoms with Crippen molar-refractivity contribution in [3.05, 3.63) is 29.3 Å². The minimum absolute atomic E-state index is 0.0872. The van der Waals surface area contributed by atoms with Gasteiger partial charge < -0.3 is 10.4 Å². The average Bonchev–Trinajstić information content (AvgIpc) is 2.18. The SMILES string of the molecule is Cc1ccc(O)c(C(C)NC(C)CS(C)(=O)=O)c1. The van der Waals surface area contributed by atoms with Gasteiger partial charge >= 0.3 is 0 Å². The molecule has 0 aliphatic carbocycles. The summed E-state index contributed by atoms with van der Waals surface area (Å²) >= 11 is 0. The van der Waals surface area contributed by atoms with Crippen LogP contribution in [0.1, 0.15) is 31.0 Å². The molecule has 4 nitrogen and oxygen atoms in total. The van der Waals surface area contributed by atoms with Crippen LogP contribution in [0.2, 0.25) is 0 Å². The lowest BCUT2D eigenvalue weighted by Crippen LogP contribution is -2.34. The second-order valence-corrected chi connectivity index (χ2v) is 7.13. The third-order valence-electron chi connectivity index (χ3n) is 2.74. The van der Waals surface area contributed by atoms with E-state index in [9.17, 15) is 13.5 Å². The topological polar surface area (TPSA) is 66.4 Å². The molecular weight excluding hydrogens is 250 g/mol. The maximum atomic E-state index is 11.2. The minimum Gasteiger partial charge on any atom is -0.508 e. The Morgan fingerprint density at radius 3 is 2.50 bits per heavy atom. The van der Waals surface area contributed by atoms with Crippen LogP contribution in [0.5, 0.6) is 5.75 Å². The Balaban J connectivity index is 2.76. The molecule has 102 valence electrons. The van der Waals surface area contributed by atoms with E-state index in [0.29, 0.717) is 0 Å². The summed E-state index contributed by atoms with van der Waals surface area (Å²) in [5.41, 5.74) is 1.85. The monoisotopic (exact) mass is 271 g/mol. The first kappa shape index (κ1) is 15.0. The molecule has 0 saturated heterocycles. The number of benzene rings is 1. The Bertz CT molecular complexity index is 511. The molecule has 0 radical (unpaired) electrons. The molecule has 0 aliphatic heterocycles. The number of nitrogens with one attached hydrogen (secondary N) is 1. The highest BCUT2D eigenvalue weighted by Gasteiger charge is 2.16.